The summed E-state index contributed by atoms with van der Waals surface area (Å²) >= 11 is 0. The number of carbonyl (C=O) groups excluding carboxylic acids is 1. The van der Waals surface area contributed by atoms with Gasteiger partial charge in [-0.1, -0.05) is 12.1 Å². The zero-order valence-corrected chi connectivity index (χ0v) is 16.5. The number of hydrogen-bond donors (Lipinski definition) is 1. The van der Waals surface area contributed by atoms with E-state index in [1.165, 1.54) is 0 Å². The van der Waals surface area contributed by atoms with Crippen molar-refractivity contribution >= 4 is 17.3 Å². The highest BCUT2D eigenvalue weighted by Crippen LogP contribution is 2.38. The molecule has 0 bridgehead atoms. The number of benzene rings is 3. The van der Waals surface area contributed by atoms with Crippen molar-refractivity contribution < 1.29 is 14.3 Å². The van der Waals surface area contributed by atoms with Crippen molar-refractivity contribution in [1.29, 1.82) is 5.26 Å². The Balaban J connectivity index is 1.58. The third kappa shape index (κ3) is 3.91. The average molecular weight is 399 g/mol. The SMILES string of the molecule is COc1ccc(C2CC(=O)N(c3cccc(N)c3)C2)cc1Oc1ccc(C#N)cc1. The van der Waals surface area contributed by atoms with Crippen LogP contribution in [-0.4, -0.2) is 19.6 Å². The van der Waals surface area contributed by atoms with Crippen LogP contribution in [0.2, 0.25) is 0 Å². The molecule has 150 valence electrons. The Labute approximate surface area is 175 Å². The van der Waals surface area contributed by atoms with Gasteiger partial charge in [-0.05, 0) is 60.2 Å². The minimum Gasteiger partial charge on any atom is -0.493 e. The molecule has 4 rings (SSSR count). The number of methoxy groups -OCH3 is 1. The van der Waals surface area contributed by atoms with E-state index >= 15 is 0 Å². The van der Waals surface area contributed by atoms with Crippen LogP contribution in [0.4, 0.5) is 11.4 Å². The van der Waals surface area contributed by atoms with E-state index < -0.39 is 0 Å². The number of amides is 1. The summed E-state index contributed by atoms with van der Waals surface area (Å²) in [6.45, 7) is 0.574. The van der Waals surface area contributed by atoms with Crippen LogP contribution in [-0.2, 0) is 4.79 Å². The van der Waals surface area contributed by atoms with E-state index in [4.69, 9.17) is 20.5 Å². The smallest absolute Gasteiger partial charge is 0.227 e. The van der Waals surface area contributed by atoms with Gasteiger partial charge in [0.05, 0.1) is 18.7 Å². The molecule has 1 aliphatic heterocycles. The van der Waals surface area contributed by atoms with Gasteiger partial charge in [0.2, 0.25) is 5.91 Å². The highest BCUT2D eigenvalue weighted by atomic mass is 16.5. The molecule has 6 nitrogen and oxygen atoms in total. The van der Waals surface area contributed by atoms with Crippen molar-refractivity contribution in [3.05, 3.63) is 77.9 Å². The van der Waals surface area contributed by atoms with Gasteiger partial charge in [-0.2, -0.15) is 5.26 Å². The molecule has 0 saturated carbocycles. The molecule has 1 unspecified atom stereocenters. The lowest BCUT2D eigenvalue weighted by Crippen LogP contribution is -2.24. The van der Waals surface area contributed by atoms with Gasteiger partial charge >= 0.3 is 0 Å². The molecule has 3 aromatic rings. The zero-order chi connectivity index (χ0) is 21.1. The van der Waals surface area contributed by atoms with Crippen molar-refractivity contribution in [2.75, 3.05) is 24.3 Å². The third-order valence-corrected chi connectivity index (χ3v) is 5.18. The molecule has 1 saturated heterocycles. The second kappa shape index (κ2) is 8.18. The van der Waals surface area contributed by atoms with Crippen LogP contribution in [0.1, 0.15) is 23.5 Å². The average Bonchev–Trinajstić information content (AvgIpc) is 3.16. The van der Waals surface area contributed by atoms with Gasteiger partial charge in [0, 0.05) is 30.3 Å². The summed E-state index contributed by atoms with van der Waals surface area (Å²) in [5.74, 6) is 1.87. The highest BCUT2D eigenvalue weighted by molar-refractivity contribution is 5.96. The highest BCUT2D eigenvalue weighted by Gasteiger charge is 2.32. The summed E-state index contributed by atoms with van der Waals surface area (Å²) in [5, 5.41) is 8.95. The van der Waals surface area contributed by atoms with E-state index in [1.54, 1.807) is 42.3 Å². The maximum atomic E-state index is 12.6. The number of hydrogen-bond acceptors (Lipinski definition) is 5. The third-order valence-electron chi connectivity index (χ3n) is 5.18. The summed E-state index contributed by atoms with van der Waals surface area (Å²) in [6, 6.07) is 22.1. The quantitative estimate of drug-likeness (QED) is 0.640. The summed E-state index contributed by atoms with van der Waals surface area (Å²) in [7, 11) is 1.58. The number of ether oxygens (including phenoxy) is 2. The van der Waals surface area contributed by atoms with E-state index in [0.717, 1.165) is 11.3 Å². The number of nitrogens with two attached hydrogens (primary N) is 1. The molecule has 1 amide bonds. The van der Waals surface area contributed by atoms with E-state index in [0.29, 0.717) is 41.5 Å². The molecule has 1 aliphatic rings. The molecule has 6 heteroatoms. The Bertz CT molecular complexity index is 1120. The fraction of sp³-hybridized carbons (Fsp3) is 0.167. The molecule has 1 atom stereocenters. The predicted molar refractivity (Wildman–Crippen MR) is 115 cm³/mol. The van der Waals surface area contributed by atoms with Crippen LogP contribution in [0.15, 0.2) is 66.7 Å². The van der Waals surface area contributed by atoms with Crippen LogP contribution in [0.5, 0.6) is 17.2 Å². The first-order valence-electron chi connectivity index (χ1n) is 9.59. The minimum absolute atomic E-state index is 0.0353. The second-order valence-electron chi connectivity index (χ2n) is 7.15. The summed E-state index contributed by atoms with van der Waals surface area (Å²) in [6.07, 6.45) is 0.414. The molecule has 0 aliphatic carbocycles. The Morgan fingerprint density at radius 3 is 2.57 bits per heavy atom. The van der Waals surface area contributed by atoms with Crippen LogP contribution < -0.4 is 20.1 Å². The first kappa shape index (κ1) is 19.3. The molecule has 30 heavy (non-hydrogen) atoms. The van der Waals surface area contributed by atoms with Gasteiger partial charge in [-0.25, -0.2) is 0 Å². The normalized spacial score (nSPS) is 15.7. The second-order valence-corrected chi connectivity index (χ2v) is 7.15. The summed E-state index contributed by atoms with van der Waals surface area (Å²) < 4.78 is 11.4. The molecule has 2 N–H and O–H groups in total. The van der Waals surface area contributed by atoms with Crippen LogP contribution in [0.25, 0.3) is 0 Å². The van der Waals surface area contributed by atoms with Gasteiger partial charge in [0.15, 0.2) is 11.5 Å². The van der Waals surface area contributed by atoms with Crippen LogP contribution in [0.3, 0.4) is 0 Å². The van der Waals surface area contributed by atoms with Gasteiger partial charge in [0.25, 0.3) is 0 Å². The topological polar surface area (TPSA) is 88.6 Å². The van der Waals surface area contributed by atoms with Gasteiger partial charge in [-0.3, -0.25) is 4.79 Å². The number of anilines is 2. The number of nitrogen functional groups attached to an aromatic ring is 1. The molecule has 1 fully saturated rings. The largest absolute Gasteiger partial charge is 0.493 e. The lowest BCUT2D eigenvalue weighted by Gasteiger charge is -2.18. The molecule has 0 spiro atoms. The first-order valence-corrected chi connectivity index (χ1v) is 9.59. The lowest BCUT2D eigenvalue weighted by molar-refractivity contribution is -0.117. The van der Waals surface area contributed by atoms with Crippen LogP contribution in [0, 0.1) is 11.3 Å². The summed E-state index contributed by atoms with van der Waals surface area (Å²) in [5.41, 5.74) is 8.88. The fourth-order valence-electron chi connectivity index (χ4n) is 3.62. The van der Waals surface area contributed by atoms with E-state index in [9.17, 15) is 4.79 Å². The first-order chi connectivity index (χ1) is 14.6. The standard InChI is InChI=1S/C24H21N3O3/c1-29-22-10-7-17(11-23(22)30-21-8-5-16(14-25)6-9-21)18-12-24(28)27(15-18)20-4-2-3-19(26)13-20/h2-11,13,18H,12,15,26H2,1H3. The lowest BCUT2D eigenvalue weighted by atomic mass is 9.98. The zero-order valence-electron chi connectivity index (χ0n) is 16.5. The Hall–Kier alpha value is -3.98. The minimum atomic E-state index is 0.0353. The van der Waals surface area contributed by atoms with Crippen molar-refractivity contribution in [2.24, 2.45) is 0 Å². The molecular formula is C24H21N3O3. The van der Waals surface area contributed by atoms with Gasteiger partial charge in [-0.15, -0.1) is 0 Å². The van der Waals surface area contributed by atoms with Gasteiger partial charge < -0.3 is 20.1 Å². The maximum absolute atomic E-state index is 12.6. The number of rotatable bonds is 5. The van der Waals surface area contributed by atoms with Crippen molar-refractivity contribution in [1.82, 2.24) is 0 Å². The molecular weight excluding hydrogens is 378 g/mol. The molecule has 1 heterocycles. The summed E-state index contributed by atoms with van der Waals surface area (Å²) in [4.78, 5) is 14.4. The van der Waals surface area contributed by atoms with Crippen molar-refractivity contribution in [3.63, 3.8) is 0 Å². The monoisotopic (exact) mass is 399 g/mol. The Kier molecular flexibility index (Phi) is 5.27. The van der Waals surface area contributed by atoms with Gasteiger partial charge in [0.1, 0.15) is 5.75 Å². The Morgan fingerprint density at radius 1 is 1.07 bits per heavy atom. The number of nitrogens with zero attached hydrogens (tertiary/aromatic N) is 2. The molecule has 3 aromatic carbocycles. The van der Waals surface area contributed by atoms with E-state index in [1.807, 2.05) is 36.4 Å². The van der Waals surface area contributed by atoms with E-state index in [-0.39, 0.29) is 11.8 Å². The Morgan fingerprint density at radius 2 is 1.87 bits per heavy atom. The van der Waals surface area contributed by atoms with Crippen molar-refractivity contribution in [2.45, 2.75) is 12.3 Å². The van der Waals surface area contributed by atoms with E-state index in [2.05, 4.69) is 6.07 Å². The number of nitriles is 1. The fourth-order valence-corrected chi connectivity index (χ4v) is 3.62. The molecule has 0 aromatic heterocycles. The van der Waals surface area contributed by atoms with Crippen molar-refractivity contribution in [3.8, 4) is 23.3 Å². The van der Waals surface area contributed by atoms with Crippen LogP contribution >= 0.6 is 0 Å². The predicted octanol–water partition coefficient (Wildman–Crippen LogP) is 4.46. The molecule has 0 radical (unpaired) electrons. The maximum Gasteiger partial charge on any atom is 0.227 e. The number of carbonyl (C=O) groups is 1.